The van der Waals surface area contributed by atoms with Crippen LogP contribution in [0.25, 0.3) is 0 Å². The highest BCUT2D eigenvalue weighted by molar-refractivity contribution is 6.83. The molecule has 0 aromatic carbocycles. The Morgan fingerprint density at radius 1 is 1.08 bits per heavy atom. The van der Waals surface area contributed by atoms with Crippen LogP contribution < -0.4 is 0 Å². The van der Waals surface area contributed by atoms with Crippen LogP contribution in [0.15, 0.2) is 12.3 Å². The highest BCUT2D eigenvalue weighted by Gasteiger charge is 2.24. The zero-order valence-electron chi connectivity index (χ0n) is 9.35. The van der Waals surface area contributed by atoms with Crippen molar-refractivity contribution in [2.24, 2.45) is 11.8 Å². The summed E-state index contributed by atoms with van der Waals surface area (Å²) >= 11 is 0. The van der Waals surface area contributed by atoms with E-state index in [9.17, 15) is 0 Å². The summed E-state index contributed by atoms with van der Waals surface area (Å²) in [7, 11) is -1.09. The standard InChI is InChI=1S/C11H24Si/c1-7-12(6,8-10(2)3)9-11(4)5/h7,10-11H,1,8-9H2,2-6H3. The minimum absolute atomic E-state index is 0.832. The molecule has 0 N–H and O–H groups in total. The maximum absolute atomic E-state index is 4.00. The molecule has 0 aromatic heterocycles. The van der Waals surface area contributed by atoms with Gasteiger partial charge in [0.2, 0.25) is 0 Å². The van der Waals surface area contributed by atoms with Gasteiger partial charge in [-0.25, -0.2) is 0 Å². The van der Waals surface area contributed by atoms with Gasteiger partial charge in [-0.3, -0.25) is 0 Å². The fraction of sp³-hybridized carbons (Fsp3) is 0.818. The molecule has 0 aromatic rings. The lowest BCUT2D eigenvalue weighted by Crippen LogP contribution is -2.30. The summed E-state index contributed by atoms with van der Waals surface area (Å²) in [5.41, 5.74) is 2.27. The van der Waals surface area contributed by atoms with Crippen LogP contribution >= 0.6 is 0 Å². The van der Waals surface area contributed by atoms with Crippen LogP contribution in [0.3, 0.4) is 0 Å². The van der Waals surface area contributed by atoms with Crippen LogP contribution in [0.2, 0.25) is 18.6 Å². The second-order valence-corrected chi connectivity index (χ2v) is 9.59. The molecule has 0 radical (unpaired) electrons. The molecule has 0 fully saturated rings. The Hall–Kier alpha value is -0.0431. The molecule has 0 rings (SSSR count). The predicted molar refractivity (Wildman–Crippen MR) is 61.1 cm³/mol. The van der Waals surface area contributed by atoms with Crippen molar-refractivity contribution in [2.45, 2.75) is 46.3 Å². The summed E-state index contributed by atoms with van der Waals surface area (Å²) in [6, 6.07) is 2.80. The van der Waals surface area contributed by atoms with Crippen molar-refractivity contribution >= 4 is 8.07 Å². The zero-order valence-corrected chi connectivity index (χ0v) is 10.4. The molecule has 12 heavy (non-hydrogen) atoms. The predicted octanol–water partition coefficient (Wildman–Crippen LogP) is 4.10. The molecule has 0 unspecified atom stereocenters. The van der Waals surface area contributed by atoms with E-state index in [1.165, 1.54) is 12.1 Å². The molecule has 0 amide bonds. The molecular formula is C11H24Si. The number of rotatable bonds is 5. The molecule has 0 heterocycles. The van der Waals surface area contributed by atoms with Gasteiger partial charge in [-0.2, -0.15) is 0 Å². The molecule has 0 aliphatic heterocycles. The van der Waals surface area contributed by atoms with Gasteiger partial charge in [0.05, 0.1) is 8.07 Å². The van der Waals surface area contributed by atoms with Crippen LogP contribution in [0, 0.1) is 11.8 Å². The van der Waals surface area contributed by atoms with Gasteiger partial charge in [0, 0.05) is 0 Å². The molecule has 0 aliphatic carbocycles. The average molecular weight is 184 g/mol. The van der Waals surface area contributed by atoms with Crippen molar-refractivity contribution in [2.75, 3.05) is 0 Å². The summed E-state index contributed by atoms with van der Waals surface area (Å²) in [6.45, 7) is 15.7. The van der Waals surface area contributed by atoms with E-state index in [1.807, 2.05) is 0 Å². The van der Waals surface area contributed by atoms with E-state index in [0.717, 1.165) is 11.8 Å². The molecule has 0 atom stereocenters. The second-order valence-electron chi connectivity index (χ2n) is 5.05. The van der Waals surface area contributed by atoms with Crippen LogP contribution in [-0.4, -0.2) is 8.07 Å². The lowest BCUT2D eigenvalue weighted by molar-refractivity contribution is 0.684. The lowest BCUT2D eigenvalue weighted by atomic mass is 10.3. The summed E-state index contributed by atoms with van der Waals surface area (Å²) in [4.78, 5) is 0. The maximum Gasteiger partial charge on any atom is 0.0745 e. The monoisotopic (exact) mass is 184 g/mol. The first-order chi connectivity index (χ1) is 5.39. The van der Waals surface area contributed by atoms with Gasteiger partial charge in [-0.15, -0.1) is 12.3 Å². The van der Waals surface area contributed by atoms with E-state index in [0.29, 0.717) is 0 Å². The maximum atomic E-state index is 4.00. The van der Waals surface area contributed by atoms with Crippen molar-refractivity contribution in [3.05, 3.63) is 12.3 Å². The Morgan fingerprint density at radius 2 is 1.42 bits per heavy atom. The summed E-state index contributed by atoms with van der Waals surface area (Å²) in [5, 5.41) is 0. The highest BCUT2D eigenvalue weighted by atomic mass is 28.3. The van der Waals surface area contributed by atoms with E-state index < -0.39 is 8.07 Å². The van der Waals surface area contributed by atoms with Crippen LogP contribution in [0.4, 0.5) is 0 Å². The number of hydrogen-bond acceptors (Lipinski definition) is 0. The van der Waals surface area contributed by atoms with E-state index in [-0.39, 0.29) is 0 Å². The molecule has 0 saturated heterocycles. The zero-order chi connectivity index (χ0) is 9.78. The molecular weight excluding hydrogens is 160 g/mol. The van der Waals surface area contributed by atoms with Gasteiger partial charge >= 0.3 is 0 Å². The fourth-order valence-corrected chi connectivity index (χ4v) is 6.35. The first-order valence-corrected chi connectivity index (χ1v) is 8.02. The van der Waals surface area contributed by atoms with Crippen LogP contribution in [-0.2, 0) is 0 Å². The van der Waals surface area contributed by atoms with Crippen LogP contribution in [0.5, 0.6) is 0 Å². The highest BCUT2D eigenvalue weighted by Crippen LogP contribution is 2.25. The molecule has 0 saturated carbocycles. The van der Waals surface area contributed by atoms with Gasteiger partial charge in [0.1, 0.15) is 0 Å². The third-order valence-corrected chi connectivity index (χ3v) is 6.73. The van der Waals surface area contributed by atoms with Gasteiger partial charge < -0.3 is 0 Å². The van der Waals surface area contributed by atoms with Crippen molar-refractivity contribution in [3.8, 4) is 0 Å². The number of hydrogen-bond donors (Lipinski definition) is 0. The molecule has 0 spiro atoms. The van der Waals surface area contributed by atoms with Crippen LogP contribution in [0.1, 0.15) is 27.7 Å². The Balaban J connectivity index is 4.14. The van der Waals surface area contributed by atoms with Gasteiger partial charge in [0.15, 0.2) is 0 Å². The quantitative estimate of drug-likeness (QED) is 0.564. The molecule has 1 heteroatoms. The lowest BCUT2D eigenvalue weighted by Gasteiger charge is -2.27. The minimum Gasteiger partial charge on any atom is -0.107 e. The Bertz CT molecular complexity index is 126. The topological polar surface area (TPSA) is 0 Å². The first kappa shape index (κ1) is 12.0. The van der Waals surface area contributed by atoms with Gasteiger partial charge in [-0.1, -0.05) is 46.3 Å². The SMILES string of the molecule is C=C[Si](C)(CC(C)C)CC(C)C. The van der Waals surface area contributed by atoms with Crippen molar-refractivity contribution in [3.63, 3.8) is 0 Å². The Morgan fingerprint density at radius 3 is 1.58 bits per heavy atom. The molecule has 72 valence electrons. The second kappa shape index (κ2) is 4.86. The van der Waals surface area contributed by atoms with Crippen molar-refractivity contribution in [1.29, 1.82) is 0 Å². The minimum atomic E-state index is -1.09. The van der Waals surface area contributed by atoms with Gasteiger partial charge in [-0.05, 0) is 11.8 Å². The van der Waals surface area contributed by atoms with E-state index in [4.69, 9.17) is 0 Å². The summed E-state index contributed by atoms with van der Waals surface area (Å²) in [5.74, 6) is 1.66. The average Bonchev–Trinajstić information content (AvgIpc) is 1.83. The molecule has 0 bridgehead atoms. The largest absolute Gasteiger partial charge is 0.107 e. The van der Waals surface area contributed by atoms with E-state index >= 15 is 0 Å². The third kappa shape index (κ3) is 4.76. The first-order valence-electron chi connectivity index (χ1n) is 5.03. The molecule has 0 nitrogen and oxygen atoms in total. The normalized spacial score (nSPS) is 12.6. The third-order valence-electron chi connectivity index (χ3n) is 2.24. The van der Waals surface area contributed by atoms with E-state index in [1.54, 1.807) is 0 Å². The van der Waals surface area contributed by atoms with E-state index in [2.05, 4.69) is 46.5 Å². The Kier molecular flexibility index (Phi) is 4.84. The van der Waals surface area contributed by atoms with Gasteiger partial charge in [0.25, 0.3) is 0 Å². The smallest absolute Gasteiger partial charge is 0.0745 e. The summed E-state index contributed by atoms with van der Waals surface area (Å²) in [6.07, 6.45) is 0. The van der Waals surface area contributed by atoms with Crippen molar-refractivity contribution < 1.29 is 0 Å². The van der Waals surface area contributed by atoms with Crippen molar-refractivity contribution in [1.82, 2.24) is 0 Å². The molecule has 0 aliphatic rings. The summed E-state index contributed by atoms with van der Waals surface area (Å²) < 4.78 is 0. The fourth-order valence-electron chi connectivity index (χ4n) is 2.12. The Labute approximate surface area is 79.1 Å².